The lowest BCUT2D eigenvalue weighted by molar-refractivity contribution is -0.0502. The largest absolute Gasteiger partial charge is 0.434 e. The fraction of sp³-hybridized carbons (Fsp3) is 0.316. The van der Waals surface area contributed by atoms with Gasteiger partial charge in [-0.2, -0.15) is 8.78 Å². The van der Waals surface area contributed by atoms with E-state index in [1.807, 2.05) is 30.3 Å². The van der Waals surface area contributed by atoms with E-state index in [0.29, 0.717) is 19.6 Å². The molecule has 2 atom stereocenters. The van der Waals surface area contributed by atoms with E-state index < -0.39 is 6.61 Å². The first kappa shape index (κ1) is 21.4. The molecule has 0 bridgehead atoms. The number of nitrogens with two attached hydrogens (primary N) is 1. The van der Waals surface area contributed by atoms with Gasteiger partial charge in [-0.15, -0.1) is 12.4 Å². The zero-order valence-corrected chi connectivity index (χ0v) is 15.9. The van der Waals surface area contributed by atoms with E-state index in [1.165, 1.54) is 18.2 Å². The van der Waals surface area contributed by atoms with Crippen molar-refractivity contribution < 1.29 is 18.3 Å². The molecule has 0 saturated carbocycles. The van der Waals surface area contributed by atoms with Crippen LogP contribution in [-0.4, -0.2) is 37.1 Å². The van der Waals surface area contributed by atoms with Crippen molar-refractivity contribution in [2.24, 2.45) is 11.7 Å². The number of nitrogens with zero attached hydrogens (tertiary/aromatic N) is 1. The van der Waals surface area contributed by atoms with Crippen LogP contribution in [0.3, 0.4) is 0 Å². The average molecular weight is 417 g/mol. The lowest BCUT2D eigenvalue weighted by Crippen LogP contribution is -2.30. The number of alkyl halides is 2. The van der Waals surface area contributed by atoms with Gasteiger partial charge in [0, 0.05) is 24.0 Å². The highest BCUT2D eigenvalue weighted by Crippen LogP contribution is 2.34. The summed E-state index contributed by atoms with van der Waals surface area (Å²) in [5.41, 5.74) is 7.03. The minimum absolute atomic E-state index is 0. The first-order valence-corrected chi connectivity index (χ1v) is 8.66. The van der Waals surface area contributed by atoms with Crippen molar-refractivity contribution in [3.05, 3.63) is 64.7 Å². The van der Waals surface area contributed by atoms with Gasteiger partial charge in [-0.25, -0.2) is 0 Å². The SMILES string of the molecule is Cl.NC[C@@H]1CN(C(=O)c2cc(Cl)ccc2OC(F)F)C[C@H]1c1ccccc1. The molecule has 1 saturated heterocycles. The third kappa shape index (κ3) is 4.89. The third-order valence-corrected chi connectivity index (χ3v) is 4.88. The monoisotopic (exact) mass is 416 g/mol. The predicted molar refractivity (Wildman–Crippen MR) is 103 cm³/mol. The summed E-state index contributed by atoms with van der Waals surface area (Å²) < 4.78 is 29.8. The molecular formula is C19H20Cl2F2N2O2. The van der Waals surface area contributed by atoms with Gasteiger partial charge in [0.1, 0.15) is 5.75 Å². The number of hydrogen-bond acceptors (Lipinski definition) is 3. The van der Waals surface area contributed by atoms with E-state index in [2.05, 4.69) is 4.74 Å². The summed E-state index contributed by atoms with van der Waals surface area (Å²) in [6.45, 7) is -1.67. The molecule has 0 radical (unpaired) electrons. The number of benzene rings is 2. The van der Waals surface area contributed by atoms with Gasteiger partial charge in [-0.05, 0) is 36.2 Å². The third-order valence-electron chi connectivity index (χ3n) is 4.65. The number of halogens is 4. The topological polar surface area (TPSA) is 55.6 Å². The molecule has 0 aliphatic carbocycles. The summed E-state index contributed by atoms with van der Waals surface area (Å²) in [6, 6.07) is 13.9. The lowest BCUT2D eigenvalue weighted by Gasteiger charge is -2.19. The van der Waals surface area contributed by atoms with Crippen LogP contribution in [0.2, 0.25) is 5.02 Å². The Bertz CT molecular complexity index is 778. The summed E-state index contributed by atoms with van der Waals surface area (Å²) in [5, 5.41) is 0.282. The van der Waals surface area contributed by atoms with Crippen LogP contribution in [-0.2, 0) is 0 Å². The minimum atomic E-state index is -3.02. The molecule has 1 amide bonds. The van der Waals surface area contributed by atoms with Crippen LogP contribution in [0.25, 0.3) is 0 Å². The van der Waals surface area contributed by atoms with Crippen LogP contribution in [0.15, 0.2) is 48.5 Å². The summed E-state index contributed by atoms with van der Waals surface area (Å²) in [4.78, 5) is 14.6. The molecule has 0 spiro atoms. The minimum Gasteiger partial charge on any atom is -0.434 e. The lowest BCUT2D eigenvalue weighted by atomic mass is 9.89. The van der Waals surface area contributed by atoms with Gasteiger partial charge in [0.15, 0.2) is 0 Å². The average Bonchev–Trinajstić information content (AvgIpc) is 3.07. The van der Waals surface area contributed by atoms with Gasteiger partial charge >= 0.3 is 6.61 Å². The molecule has 0 aromatic heterocycles. The first-order valence-electron chi connectivity index (χ1n) is 8.28. The van der Waals surface area contributed by atoms with Gasteiger partial charge in [0.2, 0.25) is 0 Å². The molecule has 27 heavy (non-hydrogen) atoms. The van der Waals surface area contributed by atoms with Crippen LogP contribution in [0.4, 0.5) is 8.78 Å². The second kappa shape index (κ2) is 9.35. The van der Waals surface area contributed by atoms with Crippen LogP contribution >= 0.6 is 24.0 Å². The molecule has 0 unspecified atom stereocenters. The molecule has 1 aliphatic heterocycles. The molecule has 4 nitrogen and oxygen atoms in total. The number of hydrogen-bond donors (Lipinski definition) is 1. The predicted octanol–water partition coefficient (Wildman–Crippen LogP) is 4.18. The number of rotatable bonds is 5. The fourth-order valence-electron chi connectivity index (χ4n) is 3.39. The van der Waals surface area contributed by atoms with Gasteiger partial charge in [-0.3, -0.25) is 4.79 Å². The maximum Gasteiger partial charge on any atom is 0.387 e. The van der Waals surface area contributed by atoms with E-state index in [-0.39, 0.29) is 46.5 Å². The summed E-state index contributed by atoms with van der Waals surface area (Å²) in [7, 11) is 0. The number of carbonyl (C=O) groups is 1. The van der Waals surface area contributed by atoms with Gasteiger partial charge in [0.05, 0.1) is 5.56 Å². The van der Waals surface area contributed by atoms with E-state index in [4.69, 9.17) is 17.3 Å². The molecule has 2 N–H and O–H groups in total. The molecule has 1 fully saturated rings. The van der Waals surface area contributed by atoms with Crippen molar-refractivity contribution >= 4 is 29.9 Å². The van der Waals surface area contributed by atoms with E-state index in [9.17, 15) is 13.6 Å². The highest BCUT2D eigenvalue weighted by molar-refractivity contribution is 6.31. The quantitative estimate of drug-likeness (QED) is 0.795. The van der Waals surface area contributed by atoms with Gasteiger partial charge in [0.25, 0.3) is 5.91 Å². The van der Waals surface area contributed by atoms with Crippen molar-refractivity contribution in [2.45, 2.75) is 12.5 Å². The fourth-order valence-corrected chi connectivity index (χ4v) is 3.56. The standard InChI is InChI=1S/C19H19ClF2N2O2.ClH/c20-14-6-7-17(26-19(21)22)15(8-14)18(25)24-10-13(9-23)16(11-24)12-4-2-1-3-5-12;/h1-8,13,16,19H,9-11,23H2;1H/t13-,16+;/m1./s1. The Labute approximate surface area is 167 Å². The summed E-state index contributed by atoms with van der Waals surface area (Å²) >= 11 is 5.95. The molecule has 2 aromatic carbocycles. The van der Waals surface area contributed by atoms with Gasteiger partial charge < -0.3 is 15.4 Å². The van der Waals surface area contributed by atoms with Crippen LogP contribution in [0, 0.1) is 5.92 Å². The zero-order valence-electron chi connectivity index (χ0n) is 14.4. The Hall–Kier alpha value is -1.89. The molecular weight excluding hydrogens is 397 g/mol. The number of likely N-dealkylation sites (tertiary alicyclic amines) is 1. The number of carbonyl (C=O) groups excluding carboxylic acids is 1. The highest BCUT2D eigenvalue weighted by Gasteiger charge is 2.36. The molecule has 2 aromatic rings. The Morgan fingerprint density at radius 3 is 2.56 bits per heavy atom. The number of amides is 1. The van der Waals surface area contributed by atoms with E-state index in [0.717, 1.165) is 5.56 Å². The van der Waals surface area contributed by atoms with Crippen molar-refractivity contribution in [3.8, 4) is 5.75 Å². The maximum atomic E-state index is 12.9. The molecule has 1 heterocycles. The highest BCUT2D eigenvalue weighted by atomic mass is 35.5. The van der Waals surface area contributed by atoms with Crippen LogP contribution < -0.4 is 10.5 Å². The van der Waals surface area contributed by atoms with Crippen molar-refractivity contribution in [1.82, 2.24) is 4.90 Å². The van der Waals surface area contributed by atoms with Crippen molar-refractivity contribution in [1.29, 1.82) is 0 Å². The van der Waals surface area contributed by atoms with Crippen molar-refractivity contribution in [3.63, 3.8) is 0 Å². The second-order valence-electron chi connectivity index (χ2n) is 6.24. The summed E-state index contributed by atoms with van der Waals surface area (Å²) in [5.74, 6) is -0.370. The maximum absolute atomic E-state index is 12.9. The van der Waals surface area contributed by atoms with E-state index in [1.54, 1.807) is 4.90 Å². The van der Waals surface area contributed by atoms with Crippen molar-refractivity contribution in [2.75, 3.05) is 19.6 Å². The Morgan fingerprint density at radius 1 is 1.22 bits per heavy atom. The first-order chi connectivity index (χ1) is 12.5. The molecule has 146 valence electrons. The smallest absolute Gasteiger partial charge is 0.387 e. The van der Waals surface area contributed by atoms with Gasteiger partial charge in [-0.1, -0.05) is 41.9 Å². The Kier molecular flexibility index (Phi) is 7.41. The number of ether oxygens (including phenoxy) is 1. The summed E-state index contributed by atoms with van der Waals surface area (Å²) in [6.07, 6.45) is 0. The Morgan fingerprint density at radius 2 is 1.93 bits per heavy atom. The van der Waals surface area contributed by atoms with Crippen LogP contribution in [0.1, 0.15) is 21.8 Å². The normalized spacial score (nSPS) is 19.1. The molecule has 8 heteroatoms. The second-order valence-corrected chi connectivity index (χ2v) is 6.68. The Balaban J connectivity index is 0.00000261. The molecule has 3 rings (SSSR count). The zero-order chi connectivity index (χ0) is 18.7. The van der Waals surface area contributed by atoms with Crippen LogP contribution in [0.5, 0.6) is 5.75 Å². The molecule has 1 aliphatic rings. The van der Waals surface area contributed by atoms with E-state index >= 15 is 0 Å².